The summed E-state index contributed by atoms with van der Waals surface area (Å²) >= 11 is 0. The second kappa shape index (κ2) is 10.4. The van der Waals surface area contributed by atoms with E-state index >= 15 is 0 Å². The highest BCUT2D eigenvalue weighted by Crippen LogP contribution is 2.29. The maximum atomic E-state index is 9.75. The van der Waals surface area contributed by atoms with E-state index in [0.29, 0.717) is 0 Å². The highest BCUT2D eigenvalue weighted by atomic mass is 19.5. The Kier molecular flexibility index (Phi) is 7.44. The zero-order valence-corrected chi connectivity index (χ0v) is 16.8. The smallest absolute Gasteiger partial charge is 0.508 e. The van der Waals surface area contributed by atoms with Gasteiger partial charge in [0, 0.05) is 0 Å². The topological polar surface area (TPSA) is 31.5 Å². The molecule has 162 valence electrons. The van der Waals surface area contributed by atoms with Gasteiger partial charge in [-0.05, 0) is 47.5 Å². The second-order valence-electron chi connectivity index (χ2n) is 6.77. The van der Waals surface area contributed by atoms with Crippen molar-refractivity contribution in [2.75, 3.05) is 0 Å². The summed E-state index contributed by atoms with van der Waals surface area (Å²) in [7, 11) is -6.00. The van der Waals surface area contributed by atoms with Crippen molar-refractivity contribution in [2.45, 2.75) is 0 Å². The van der Waals surface area contributed by atoms with Gasteiger partial charge in [0.1, 0.15) is 5.75 Å². The fourth-order valence-corrected chi connectivity index (χ4v) is 2.89. The zero-order valence-electron chi connectivity index (χ0n) is 16.8. The van der Waals surface area contributed by atoms with Gasteiger partial charge in [-0.25, -0.2) is 4.42 Å². The first-order valence-electron chi connectivity index (χ1n) is 9.71. The molecule has 0 amide bonds. The fraction of sp³-hybridized carbons (Fsp3) is 0. The predicted molar refractivity (Wildman–Crippen MR) is 121 cm³/mol. The summed E-state index contributed by atoms with van der Waals surface area (Å²) < 4.78 is 45.2. The molecule has 0 spiro atoms. The Balaban J connectivity index is 0.000000523. The molecule has 1 heterocycles. The van der Waals surface area contributed by atoms with Crippen LogP contribution in [0.2, 0.25) is 0 Å². The minimum atomic E-state index is -6.00. The SMILES string of the molecule is F[B-](F)(F)F.Oc1ccc(/C=C/c2cc(-c3ccccc3)[o+]c(-c3ccccc3)c2)cc1. The van der Waals surface area contributed by atoms with Crippen LogP contribution >= 0.6 is 0 Å². The first-order valence-corrected chi connectivity index (χ1v) is 9.71. The number of benzene rings is 3. The standard InChI is InChI=1S/C25H18O2.BF4/c26-23-15-13-19(14-16-23)11-12-20-17-24(21-7-3-1-4-8-21)27-25(18-20)22-9-5-2-6-10-22;2-1(3,4)5/h1-18H;/q;-1/p+1/b12-11+;. The monoisotopic (exact) mass is 438 g/mol. The molecule has 0 saturated heterocycles. The lowest BCUT2D eigenvalue weighted by Gasteiger charge is -1.98. The lowest BCUT2D eigenvalue weighted by atomic mass is 10.1. The van der Waals surface area contributed by atoms with E-state index in [4.69, 9.17) is 4.42 Å². The molecule has 0 fully saturated rings. The number of phenols is 1. The summed E-state index contributed by atoms with van der Waals surface area (Å²) in [5.41, 5.74) is 4.15. The molecule has 0 atom stereocenters. The maximum absolute atomic E-state index is 9.75. The van der Waals surface area contributed by atoms with Crippen LogP contribution < -0.4 is 0 Å². The number of hydrogen-bond acceptors (Lipinski definition) is 1. The van der Waals surface area contributed by atoms with Crippen molar-refractivity contribution in [3.8, 4) is 28.4 Å². The van der Waals surface area contributed by atoms with Crippen molar-refractivity contribution in [2.24, 2.45) is 0 Å². The quantitative estimate of drug-likeness (QED) is 0.199. The van der Waals surface area contributed by atoms with Crippen molar-refractivity contribution >= 4 is 19.4 Å². The van der Waals surface area contributed by atoms with E-state index in [1.165, 1.54) is 0 Å². The van der Waals surface area contributed by atoms with Gasteiger partial charge in [0.25, 0.3) is 0 Å². The van der Waals surface area contributed by atoms with E-state index in [2.05, 4.69) is 6.08 Å². The van der Waals surface area contributed by atoms with E-state index < -0.39 is 7.25 Å². The Hall–Kier alpha value is -3.87. The zero-order chi connectivity index (χ0) is 23.0. The van der Waals surface area contributed by atoms with Gasteiger partial charge in [0.15, 0.2) is 0 Å². The third-order valence-corrected chi connectivity index (χ3v) is 4.29. The Morgan fingerprint density at radius 3 is 1.44 bits per heavy atom. The average molecular weight is 438 g/mol. The van der Waals surface area contributed by atoms with E-state index in [0.717, 1.165) is 33.8 Å². The van der Waals surface area contributed by atoms with E-state index in [-0.39, 0.29) is 5.75 Å². The molecule has 3 aromatic carbocycles. The molecular weight excluding hydrogens is 419 g/mol. The van der Waals surface area contributed by atoms with Crippen LogP contribution in [0.3, 0.4) is 0 Å². The highest BCUT2D eigenvalue weighted by molar-refractivity contribution is 6.50. The van der Waals surface area contributed by atoms with Crippen LogP contribution in [0.5, 0.6) is 5.75 Å². The van der Waals surface area contributed by atoms with Gasteiger partial charge < -0.3 is 22.4 Å². The Morgan fingerprint density at radius 1 is 0.594 bits per heavy atom. The highest BCUT2D eigenvalue weighted by Gasteiger charge is 2.20. The molecule has 1 aromatic heterocycles. The summed E-state index contributed by atoms with van der Waals surface area (Å²) in [4.78, 5) is 0. The number of halogens is 4. The Bertz CT molecular complexity index is 1100. The average Bonchev–Trinajstić information content (AvgIpc) is 2.79. The van der Waals surface area contributed by atoms with Crippen molar-refractivity contribution in [3.05, 3.63) is 108 Å². The van der Waals surface area contributed by atoms with Crippen LogP contribution in [-0.2, 0) is 0 Å². The molecule has 7 heteroatoms. The molecule has 4 rings (SSSR count). The normalized spacial score (nSPS) is 11.1. The maximum Gasteiger partial charge on any atom is 0.673 e. The molecule has 1 N–H and O–H groups in total. The summed E-state index contributed by atoms with van der Waals surface area (Å²) in [6.07, 6.45) is 4.08. The fourth-order valence-electron chi connectivity index (χ4n) is 2.89. The molecular formula is C25H19BF4O2. The van der Waals surface area contributed by atoms with Gasteiger partial charge in [-0.15, -0.1) is 0 Å². The first kappa shape index (κ1) is 22.8. The van der Waals surface area contributed by atoms with Crippen molar-refractivity contribution in [1.29, 1.82) is 0 Å². The van der Waals surface area contributed by atoms with Gasteiger partial charge in [0.05, 0.1) is 23.3 Å². The lowest BCUT2D eigenvalue weighted by Crippen LogP contribution is -2.02. The Morgan fingerprint density at radius 2 is 1.00 bits per heavy atom. The van der Waals surface area contributed by atoms with Crippen LogP contribution in [0.4, 0.5) is 17.3 Å². The molecule has 0 aliphatic heterocycles. The van der Waals surface area contributed by atoms with Crippen LogP contribution in [-0.4, -0.2) is 12.4 Å². The van der Waals surface area contributed by atoms with Crippen LogP contribution in [0.15, 0.2) is 101 Å². The lowest BCUT2D eigenvalue weighted by molar-refractivity contribution is 0.368. The number of rotatable bonds is 4. The molecule has 2 nitrogen and oxygen atoms in total. The van der Waals surface area contributed by atoms with Gasteiger partial charge in [-0.1, -0.05) is 60.7 Å². The summed E-state index contributed by atoms with van der Waals surface area (Å²) in [5.74, 6) is 1.91. The van der Waals surface area contributed by atoms with E-state index in [1.807, 2.05) is 91.0 Å². The molecule has 0 saturated carbocycles. The molecule has 4 aromatic rings. The molecule has 32 heavy (non-hydrogen) atoms. The Labute approximate surface area is 183 Å². The number of phenolic OH excluding ortho intramolecular Hbond substituents is 1. The van der Waals surface area contributed by atoms with Crippen molar-refractivity contribution in [1.82, 2.24) is 0 Å². The van der Waals surface area contributed by atoms with Crippen LogP contribution in [0.1, 0.15) is 11.1 Å². The third-order valence-electron chi connectivity index (χ3n) is 4.29. The van der Waals surface area contributed by atoms with Crippen molar-refractivity contribution < 1.29 is 26.8 Å². The number of aromatic hydroxyl groups is 1. The summed E-state index contributed by atoms with van der Waals surface area (Å²) in [5, 5.41) is 9.43. The molecule has 0 unspecified atom stereocenters. The van der Waals surface area contributed by atoms with E-state index in [1.54, 1.807) is 12.1 Å². The van der Waals surface area contributed by atoms with Crippen LogP contribution in [0.25, 0.3) is 34.8 Å². The predicted octanol–water partition coefficient (Wildman–Crippen LogP) is 8.07. The van der Waals surface area contributed by atoms with Gasteiger partial charge in [0.2, 0.25) is 0 Å². The van der Waals surface area contributed by atoms with Crippen molar-refractivity contribution in [3.63, 3.8) is 0 Å². The second-order valence-corrected chi connectivity index (χ2v) is 6.77. The van der Waals surface area contributed by atoms with Gasteiger partial charge in [-0.3, -0.25) is 0 Å². The number of hydrogen-bond donors (Lipinski definition) is 1. The molecule has 0 aliphatic carbocycles. The molecule has 0 bridgehead atoms. The molecule has 0 radical (unpaired) electrons. The minimum Gasteiger partial charge on any atom is -0.508 e. The summed E-state index contributed by atoms with van der Waals surface area (Å²) in [6, 6.07) is 31.4. The first-order chi connectivity index (χ1) is 15.3. The van der Waals surface area contributed by atoms with Gasteiger partial charge in [-0.2, -0.15) is 0 Å². The van der Waals surface area contributed by atoms with Gasteiger partial charge >= 0.3 is 18.8 Å². The van der Waals surface area contributed by atoms with Crippen LogP contribution in [0, 0.1) is 0 Å². The minimum absolute atomic E-state index is 0.267. The molecule has 0 aliphatic rings. The largest absolute Gasteiger partial charge is 0.673 e. The van der Waals surface area contributed by atoms with E-state index in [9.17, 15) is 22.4 Å². The summed E-state index contributed by atoms with van der Waals surface area (Å²) in [6.45, 7) is 0. The third kappa shape index (κ3) is 7.43.